The molecule has 0 radical (unpaired) electrons. The number of hydrogen-bond donors (Lipinski definition) is 2. The van der Waals surface area contributed by atoms with Crippen LogP contribution in [-0.4, -0.2) is 27.0 Å². The number of hydrogen-bond acceptors (Lipinski definition) is 3. The Morgan fingerprint density at radius 1 is 1.39 bits per heavy atom. The predicted octanol–water partition coefficient (Wildman–Crippen LogP) is 2.86. The van der Waals surface area contributed by atoms with Gasteiger partial charge in [0.25, 0.3) is 0 Å². The van der Waals surface area contributed by atoms with Gasteiger partial charge in [-0.05, 0) is 44.7 Å². The van der Waals surface area contributed by atoms with E-state index < -0.39 is 0 Å². The van der Waals surface area contributed by atoms with Gasteiger partial charge in [0.2, 0.25) is 0 Å². The molecule has 0 aliphatic carbocycles. The van der Waals surface area contributed by atoms with Gasteiger partial charge in [-0.15, -0.1) is 0 Å². The molecular formula is C13H17ClN4. The molecule has 1 aliphatic heterocycles. The Bertz CT molecular complexity index is 575. The minimum absolute atomic E-state index is 0.175. The maximum atomic E-state index is 6.21. The lowest BCUT2D eigenvalue weighted by atomic mass is 9.81. The van der Waals surface area contributed by atoms with E-state index in [0.717, 1.165) is 30.4 Å². The molecule has 1 unspecified atom stereocenters. The van der Waals surface area contributed by atoms with Gasteiger partial charge in [-0.25, -0.2) is 9.97 Å². The van der Waals surface area contributed by atoms with E-state index in [-0.39, 0.29) is 5.54 Å². The largest absolute Gasteiger partial charge is 0.346 e. The van der Waals surface area contributed by atoms with Crippen LogP contribution in [0.2, 0.25) is 5.15 Å². The van der Waals surface area contributed by atoms with Gasteiger partial charge in [0, 0.05) is 11.7 Å². The molecule has 18 heavy (non-hydrogen) atoms. The number of aromatic amines is 1. The average molecular weight is 265 g/mol. The Labute approximate surface area is 111 Å². The van der Waals surface area contributed by atoms with E-state index in [2.05, 4.69) is 34.1 Å². The second-order valence-electron chi connectivity index (χ2n) is 5.63. The van der Waals surface area contributed by atoms with Gasteiger partial charge >= 0.3 is 0 Å². The third-order valence-corrected chi connectivity index (χ3v) is 4.03. The Hall–Kier alpha value is -1.13. The quantitative estimate of drug-likeness (QED) is 0.779. The van der Waals surface area contributed by atoms with Crippen LogP contribution in [0.25, 0.3) is 11.0 Å². The van der Waals surface area contributed by atoms with E-state index in [0.29, 0.717) is 11.1 Å². The van der Waals surface area contributed by atoms with E-state index in [1.807, 2.05) is 6.20 Å². The van der Waals surface area contributed by atoms with Crippen LogP contribution >= 0.6 is 11.6 Å². The minimum atomic E-state index is 0.175. The fraction of sp³-hybridized carbons (Fsp3) is 0.538. The highest BCUT2D eigenvalue weighted by molar-refractivity contribution is 6.34. The van der Waals surface area contributed by atoms with Crippen LogP contribution in [0.3, 0.4) is 0 Å². The van der Waals surface area contributed by atoms with Gasteiger partial charge in [0.1, 0.15) is 17.1 Å². The van der Waals surface area contributed by atoms with E-state index >= 15 is 0 Å². The summed E-state index contributed by atoms with van der Waals surface area (Å²) in [4.78, 5) is 11.5. The van der Waals surface area contributed by atoms with Crippen LogP contribution in [0.4, 0.5) is 0 Å². The Morgan fingerprint density at radius 3 is 3.00 bits per heavy atom. The van der Waals surface area contributed by atoms with Crippen LogP contribution in [0, 0.1) is 0 Å². The molecule has 0 spiro atoms. The van der Waals surface area contributed by atoms with Crippen molar-refractivity contribution < 1.29 is 0 Å². The summed E-state index contributed by atoms with van der Waals surface area (Å²) < 4.78 is 0. The summed E-state index contributed by atoms with van der Waals surface area (Å²) in [6.07, 6.45) is 5.77. The molecule has 5 heteroatoms. The molecule has 1 fully saturated rings. The molecule has 3 rings (SSSR count). The maximum absolute atomic E-state index is 6.21. The van der Waals surface area contributed by atoms with Crippen molar-refractivity contribution in [3.63, 3.8) is 0 Å². The standard InChI is InChI=1S/C13H17ClN4/c1-13(2)5-8(3-4-18-13)9-6-15-12-10(9)11(14)16-7-17-12/h6-8,18H,3-5H2,1-2H3,(H,15,16,17). The fourth-order valence-corrected chi connectivity index (χ4v) is 3.15. The van der Waals surface area contributed by atoms with E-state index in [9.17, 15) is 0 Å². The molecule has 1 saturated heterocycles. The number of piperidine rings is 1. The number of aromatic nitrogens is 3. The van der Waals surface area contributed by atoms with Crippen molar-refractivity contribution in [3.8, 4) is 0 Å². The van der Waals surface area contributed by atoms with Gasteiger partial charge < -0.3 is 10.3 Å². The molecule has 2 N–H and O–H groups in total. The third-order valence-electron chi connectivity index (χ3n) is 3.75. The summed E-state index contributed by atoms with van der Waals surface area (Å²) in [5.74, 6) is 0.512. The van der Waals surface area contributed by atoms with Crippen LogP contribution in [0.15, 0.2) is 12.5 Å². The number of rotatable bonds is 1. The van der Waals surface area contributed by atoms with Gasteiger partial charge in [0.05, 0.1) is 5.39 Å². The molecule has 0 bridgehead atoms. The molecule has 96 valence electrons. The van der Waals surface area contributed by atoms with Crippen molar-refractivity contribution >= 4 is 22.6 Å². The fourth-order valence-electron chi connectivity index (χ4n) is 2.91. The molecule has 0 saturated carbocycles. The van der Waals surface area contributed by atoms with Crippen molar-refractivity contribution in [1.82, 2.24) is 20.3 Å². The van der Waals surface area contributed by atoms with Gasteiger partial charge in [-0.2, -0.15) is 0 Å². The van der Waals surface area contributed by atoms with Gasteiger partial charge in [-0.1, -0.05) is 11.6 Å². The summed E-state index contributed by atoms with van der Waals surface area (Å²) in [6, 6.07) is 0. The second kappa shape index (κ2) is 4.21. The summed E-state index contributed by atoms with van der Waals surface area (Å²) in [6.45, 7) is 5.52. The van der Waals surface area contributed by atoms with E-state index in [1.54, 1.807) is 0 Å². The zero-order chi connectivity index (χ0) is 12.8. The lowest BCUT2D eigenvalue weighted by Gasteiger charge is -2.36. The number of nitrogens with one attached hydrogen (secondary N) is 2. The Morgan fingerprint density at radius 2 is 2.22 bits per heavy atom. The molecule has 2 aromatic heterocycles. The normalized spacial score (nSPS) is 23.4. The zero-order valence-corrected chi connectivity index (χ0v) is 11.4. The van der Waals surface area contributed by atoms with Crippen molar-refractivity contribution in [2.24, 2.45) is 0 Å². The highest BCUT2D eigenvalue weighted by atomic mass is 35.5. The Kier molecular flexibility index (Phi) is 2.79. The van der Waals surface area contributed by atoms with Crippen LogP contribution in [0.5, 0.6) is 0 Å². The van der Waals surface area contributed by atoms with Crippen molar-refractivity contribution in [2.45, 2.75) is 38.1 Å². The first-order chi connectivity index (χ1) is 8.57. The maximum Gasteiger partial charge on any atom is 0.142 e. The number of fused-ring (bicyclic) bond motifs is 1. The summed E-state index contributed by atoms with van der Waals surface area (Å²) in [7, 11) is 0. The zero-order valence-electron chi connectivity index (χ0n) is 10.6. The minimum Gasteiger partial charge on any atom is -0.346 e. The van der Waals surface area contributed by atoms with Crippen LogP contribution < -0.4 is 5.32 Å². The summed E-state index contributed by atoms with van der Waals surface area (Å²) >= 11 is 6.21. The Balaban J connectivity index is 2.04. The average Bonchev–Trinajstić information content (AvgIpc) is 2.73. The van der Waals surface area contributed by atoms with Crippen molar-refractivity contribution in [3.05, 3.63) is 23.2 Å². The molecule has 0 aromatic carbocycles. The molecule has 2 aromatic rings. The molecule has 1 aliphatic rings. The first-order valence-electron chi connectivity index (χ1n) is 6.29. The number of H-pyrrole nitrogens is 1. The summed E-state index contributed by atoms with van der Waals surface area (Å²) in [5, 5.41) is 5.08. The smallest absolute Gasteiger partial charge is 0.142 e. The van der Waals surface area contributed by atoms with E-state index in [1.165, 1.54) is 11.9 Å². The first-order valence-corrected chi connectivity index (χ1v) is 6.67. The highest BCUT2D eigenvalue weighted by Crippen LogP contribution is 2.37. The topological polar surface area (TPSA) is 53.6 Å². The molecule has 3 heterocycles. The molecule has 1 atom stereocenters. The number of nitrogens with zero attached hydrogens (tertiary/aromatic N) is 2. The second-order valence-corrected chi connectivity index (χ2v) is 5.99. The van der Waals surface area contributed by atoms with Crippen molar-refractivity contribution in [1.29, 1.82) is 0 Å². The van der Waals surface area contributed by atoms with Crippen LogP contribution in [-0.2, 0) is 0 Å². The first kappa shape index (κ1) is 11.9. The monoisotopic (exact) mass is 264 g/mol. The lowest BCUT2D eigenvalue weighted by Crippen LogP contribution is -2.45. The van der Waals surface area contributed by atoms with Gasteiger partial charge in [-0.3, -0.25) is 0 Å². The van der Waals surface area contributed by atoms with Crippen LogP contribution in [0.1, 0.15) is 38.2 Å². The highest BCUT2D eigenvalue weighted by Gasteiger charge is 2.30. The predicted molar refractivity (Wildman–Crippen MR) is 73.0 cm³/mol. The summed E-state index contributed by atoms with van der Waals surface area (Å²) in [5.41, 5.74) is 2.26. The molecular weight excluding hydrogens is 248 g/mol. The molecule has 4 nitrogen and oxygen atoms in total. The third kappa shape index (κ3) is 1.99. The van der Waals surface area contributed by atoms with Gasteiger partial charge in [0.15, 0.2) is 0 Å². The SMILES string of the molecule is CC1(C)CC(c2c[nH]c3ncnc(Cl)c23)CCN1. The molecule has 0 amide bonds. The van der Waals surface area contributed by atoms with Crippen molar-refractivity contribution in [2.75, 3.05) is 6.54 Å². The van der Waals surface area contributed by atoms with E-state index in [4.69, 9.17) is 11.6 Å². The lowest BCUT2D eigenvalue weighted by molar-refractivity contribution is 0.276. The number of halogens is 1.